The first-order valence-electron chi connectivity index (χ1n) is 6.01. The second-order valence-electron chi connectivity index (χ2n) is 4.74. The van der Waals surface area contributed by atoms with Gasteiger partial charge < -0.3 is 10.1 Å². The van der Waals surface area contributed by atoms with Crippen molar-refractivity contribution in [3.8, 4) is 5.75 Å². The Bertz CT molecular complexity index is 309. The van der Waals surface area contributed by atoms with Crippen LogP contribution in [0.3, 0.4) is 0 Å². The first-order valence-corrected chi connectivity index (χ1v) is 6.01. The van der Waals surface area contributed by atoms with Crippen LogP contribution in [-0.2, 0) is 0 Å². The van der Waals surface area contributed by atoms with Crippen molar-refractivity contribution in [1.29, 1.82) is 0 Å². The van der Waals surface area contributed by atoms with E-state index in [1.54, 1.807) is 0 Å². The highest BCUT2D eigenvalue weighted by Crippen LogP contribution is 2.16. The summed E-state index contributed by atoms with van der Waals surface area (Å²) in [4.78, 5) is 0. The van der Waals surface area contributed by atoms with E-state index in [0.29, 0.717) is 12.0 Å². The Morgan fingerprint density at radius 3 is 2.50 bits per heavy atom. The third-order valence-corrected chi connectivity index (χ3v) is 2.49. The van der Waals surface area contributed by atoms with Gasteiger partial charge in [0.15, 0.2) is 0 Å². The van der Waals surface area contributed by atoms with Gasteiger partial charge in [-0.3, -0.25) is 0 Å². The maximum atomic E-state index is 5.79. The molecule has 0 amide bonds. The number of hydrogen-bond acceptors (Lipinski definition) is 2. The molecular formula is C14H23NO. The quantitative estimate of drug-likeness (QED) is 0.797. The van der Waals surface area contributed by atoms with Crippen LogP contribution >= 0.6 is 0 Å². The molecule has 1 atom stereocenters. The van der Waals surface area contributed by atoms with Gasteiger partial charge in [0.05, 0.1) is 6.61 Å². The lowest BCUT2D eigenvalue weighted by molar-refractivity contribution is 0.251. The maximum absolute atomic E-state index is 5.79. The van der Waals surface area contributed by atoms with Crippen LogP contribution in [0, 0.1) is 12.8 Å². The Morgan fingerprint density at radius 1 is 1.19 bits per heavy atom. The topological polar surface area (TPSA) is 21.3 Å². The van der Waals surface area contributed by atoms with E-state index in [0.717, 1.165) is 18.9 Å². The van der Waals surface area contributed by atoms with Crippen molar-refractivity contribution in [2.75, 3.05) is 13.2 Å². The van der Waals surface area contributed by atoms with Crippen LogP contribution in [0.2, 0.25) is 0 Å². The van der Waals surface area contributed by atoms with E-state index in [-0.39, 0.29) is 0 Å². The molecule has 2 nitrogen and oxygen atoms in total. The fourth-order valence-electron chi connectivity index (χ4n) is 1.45. The van der Waals surface area contributed by atoms with E-state index in [1.807, 2.05) is 18.2 Å². The number of para-hydroxylation sites is 1. The normalized spacial score (nSPS) is 12.8. The van der Waals surface area contributed by atoms with Gasteiger partial charge in [-0.25, -0.2) is 0 Å². The van der Waals surface area contributed by atoms with E-state index in [1.165, 1.54) is 5.56 Å². The highest BCUT2D eigenvalue weighted by molar-refractivity contribution is 5.31. The second kappa shape index (κ2) is 6.54. The summed E-state index contributed by atoms with van der Waals surface area (Å²) < 4.78 is 5.79. The average molecular weight is 221 g/mol. The van der Waals surface area contributed by atoms with Gasteiger partial charge in [-0.2, -0.15) is 0 Å². The molecule has 1 aromatic carbocycles. The molecule has 0 aliphatic heterocycles. The maximum Gasteiger partial charge on any atom is 0.122 e. The molecule has 2 heteroatoms. The predicted octanol–water partition coefficient (Wildman–Crippen LogP) is 3.01. The Hall–Kier alpha value is -1.02. The van der Waals surface area contributed by atoms with Gasteiger partial charge in [-0.05, 0) is 18.6 Å². The molecule has 90 valence electrons. The molecule has 1 unspecified atom stereocenters. The number of rotatable bonds is 6. The van der Waals surface area contributed by atoms with Crippen LogP contribution in [0.5, 0.6) is 5.75 Å². The minimum atomic E-state index is 0.530. The van der Waals surface area contributed by atoms with Crippen LogP contribution in [0.15, 0.2) is 24.3 Å². The van der Waals surface area contributed by atoms with E-state index >= 15 is 0 Å². The van der Waals surface area contributed by atoms with E-state index in [4.69, 9.17) is 4.74 Å². The van der Waals surface area contributed by atoms with Crippen LogP contribution in [-0.4, -0.2) is 19.2 Å². The van der Waals surface area contributed by atoms with E-state index in [9.17, 15) is 0 Å². The zero-order valence-electron chi connectivity index (χ0n) is 10.8. The summed E-state index contributed by atoms with van der Waals surface area (Å²) in [6, 6.07) is 8.69. The molecule has 0 saturated carbocycles. The predicted molar refractivity (Wildman–Crippen MR) is 69.0 cm³/mol. The van der Waals surface area contributed by atoms with Crippen molar-refractivity contribution in [1.82, 2.24) is 5.32 Å². The number of benzene rings is 1. The summed E-state index contributed by atoms with van der Waals surface area (Å²) in [6.07, 6.45) is 0. The van der Waals surface area contributed by atoms with Gasteiger partial charge in [-0.15, -0.1) is 0 Å². The minimum absolute atomic E-state index is 0.530. The fourth-order valence-corrected chi connectivity index (χ4v) is 1.45. The van der Waals surface area contributed by atoms with Gasteiger partial charge in [0.25, 0.3) is 0 Å². The summed E-state index contributed by atoms with van der Waals surface area (Å²) in [5.74, 6) is 1.53. The Morgan fingerprint density at radius 2 is 1.88 bits per heavy atom. The zero-order valence-corrected chi connectivity index (χ0v) is 10.8. The largest absolute Gasteiger partial charge is 0.493 e. The Labute approximate surface area is 99.0 Å². The minimum Gasteiger partial charge on any atom is -0.493 e. The van der Waals surface area contributed by atoms with Crippen LogP contribution < -0.4 is 10.1 Å². The second-order valence-corrected chi connectivity index (χ2v) is 4.74. The lowest BCUT2D eigenvalue weighted by Gasteiger charge is -2.16. The summed E-state index contributed by atoms with van der Waals surface area (Å²) in [5.41, 5.74) is 1.20. The molecule has 0 aliphatic rings. The van der Waals surface area contributed by atoms with Crippen LogP contribution in [0.1, 0.15) is 26.3 Å². The summed E-state index contributed by atoms with van der Waals surface area (Å²) in [7, 11) is 0. The van der Waals surface area contributed by atoms with Crippen molar-refractivity contribution in [2.24, 2.45) is 5.92 Å². The summed E-state index contributed by atoms with van der Waals surface area (Å²) in [6.45, 7) is 10.4. The van der Waals surface area contributed by atoms with Gasteiger partial charge in [0.1, 0.15) is 5.75 Å². The first kappa shape index (κ1) is 13.0. The third-order valence-electron chi connectivity index (χ3n) is 2.49. The lowest BCUT2D eigenvalue weighted by Crippen LogP contribution is -2.30. The number of hydrogen-bond donors (Lipinski definition) is 1. The molecule has 0 heterocycles. The highest BCUT2D eigenvalue weighted by Gasteiger charge is 2.05. The van der Waals surface area contributed by atoms with Crippen molar-refractivity contribution in [3.63, 3.8) is 0 Å². The number of ether oxygens (including phenoxy) is 1. The molecule has 0 aliphatic carbocycles. The summed E-state index contributed by atoms with van der Waals surface area (Å²) in [5, 5.41) is 3.42. The molecule has 1 aromatic rings. The third kappa shape index (κ3) is 4.67. The summed E-state index contributed by atoms with van der Waals surface area (Å²) >= 11 is 0. The van der Waals surface area contributed by atoms with Gasteiger partial charge in [-0.1, -0.05) is 39.0 Å². The van der Waals surface area contributed by atoms with Gasteiger partial charge in [0.2, 0.25) is 0 Å². The molecule has 1 N–H and O–H groups in total. The van der Waals surface area contributed by atoms with Gasteiger partial charge in [0, 0.05) is 18.5 Å². The smallest absolute Gasteiger partial charge is 0.122 e. The Kier molecular flexibility index (Phi) is 5.33. The molecule has 0 bridgehead atoms. The zero-order chi connectivity index (χ0) is 12.0. The molecule has 0 fully saturated rings. The first-order chi connectivity index (χ1) is 7.59. The van der Waals surface area contributed by atoms with E-state index in [2.05, 4.69) is 39.1 Å². The standard InChI is InChI=1S/C14H23NO/c1-11(2)15-9-12(3)10-16-14-8-6-5-7-13(14)4/h5-8,11-12,15H,9-10H2,1-4H3. The molecule has 0 spiro atoms. The number of aryl methyl sites for hydroxylation is 1. The molecule has 0 radical (unpaired) electrons. The monoisotopic (exact) mass is 221 g/mol. The van der Waals surface area contributed by atoms with Crippen LogP contribution in [0.25, 0.3) is 0 Å². The molecule has 0 saturated heterocycles. The molecule has 0 aromatic heterocycles. The van der Waals surface area contributed by atoms with Crippen LogP contribution in [0.4, 0.5) is 0 Å². The van der Waals surface area contributed by atoms with Crippen molar-refractivity contribution in [2.45, 2.75) is 33.7 Å². The van der Waals surface area contributed by atoms with Crippen molar-refractivity contribution < 1.29 is 4.74 Å². The number of nitrogens with one attached hydrogen (secondary N) is 1. The average Bonchev–Trinajstić information content (AvgIpc) is 2.25. The molecule has 1 rings (SSSR count). The van der Waals surface area contributed by atoms with Crippen molar-refractivity contribution in [3.05, 3.63) is 29.8 Å². The SMILES string of the molecule is Cc1ccccc1OCC(C)CNC(C)C. The fraction of sp³-hybridized carbons (Fsp3) is 0.571. The van der Waals surface area contributed by atoms with Crippen molar-refractivity contribution >= 4 is 0 Å². The molecule has 16 heavy (non-hydrogen) atoms. The lowest BCUT2D eigenvalue weighted by atomic mass is 10.2. The highest BCUT2D eigenvalue weighted by atomic mass is 16.5. The van der Waals surface area contributed by atoms with E-state index < -0.39 is 0 Å². The Balaban J connectivity index is 2.31. The molecular weight excluding hydrogens is 198 g/mol. The van der Waals surface area contributed by atoms with Gasteiger partial charge >= 0.3 is 0 Å².